The number of hydrogen-bond acceptors (Lipinski definition) is 2. The van der Waals surface area contributed by atoms with Crippen LogP contribution in [0.15, 0.2) is 30.3 Å². The molecule has 0 aliphatic heterocycles. The van der Waals surface area contributed by atoms with Crippen LogP contribution in [0.5, 0.6) is 0 Å². The molecule has 0 aromatic heterocycles. The maximum atomic E-state index is 10.4. The second-order valence-electron chi connectivity index (χ2n) is 5.13. The van der Waals surface area contributed by atoms with Crippen LogP contribution in [0, 0.1) is 5.92 Å². The van der Waals surface area contributed by atoms with Crippen molar-refractivity contribution in [3.63, 3.8) is 0 Å². The molecule has 0 bridgehead atoms. The topological polar surface area (TPSA) is 40.5 Å². The van der Waals surface area contributed by atoms with Crippen LogP contribution in [-0.2, 0) is 11.3 Å². The first-order valence-electron chi connectivity index (χ1n) is 6.73. The summed E-state index contributed by atoms with van der Waals surface area (Å²) in [5, 5.41) is 8.57. The molecule has 19 heavy (non-hydrogen) atoms. The molecule has 0 fully saturated rings. The van der Waals surface area contributed by atoms with Crippen LogP contribution in [0.25, 0.3) is 6.08 Å². The molecule has 1 aromatic rings. The second-order valence-corrected chi connectivity index (χ2v) is 5.13. The lowest BCUT2D eigenvalue weighted by molar-refractivity contribution is -0.131. The molecule has 0 heterocycles. The Morgan fingerprint density at radius 3 is 2.42 bits per heavy atom. The predicted octanol–water partition coefficient (Wildman–Crippen LogP) is 3.26. The summed E-state index contributed by atoms with van der Waals surface area (Å²) in [5.41, 5.74) is 2.17. The zero-order chi connectivity index (χ0) is 14.3. The van der Waals surface area contributed by atoms with E-state index in [1.807, 2.05) is 12.1 Å². The molecule has 0 unspecified atom stereocenters. The largest absolute Gasteiger partial charge is 0.478 e. The van der Waals surface area contributed by atoms with Crippen molar-refractivity contribution in [3.05, 3.63) is 41.5 Å². The van der Waals surface area contributed by atoms with E-state index in [9.17, 15) is 4.79 Å². The molecule has 0 saturated heterocycles. The van der Waals surface area contributed by atoms with E-state index >= 15 is 0 Å². The van der Waals surface area contributed by atoms with Crippen LogP contribution in [0.3, 0.4) is 0 Å². The number of benzene rings is 1. The van der Waals surface area contributed by atoms with Crippen LogP contribution < -0.4 is 0 Å². The van der Waals surface area contributed by atoms with E-state index < -0.39 is 5.97 Å². The van der Waals surface area contributed by atoms with Crippen molar-refractivity contribution in [2.24, 2.45) is 5.92 Å². The summed E-state index contributed by atoms with van der Waals surface area (Å²) in [6.45, 7) is 9.70. The van der Waals surface area contributed by atoms with E-state index in [0.29, 0.717) is 5.92 Å². The molecular formula is C16H23NO2. The van der Waals surface area contributed by atoms with Gasteiger partial charge in [-0.3, -0.25) is 4.90 Å². The van der Waals surface area contributed by atoms with Gasteiger partial charge in [-0.2, -0.15) is 0 Å². The van der Waals surface area contributed by atoms with Gasteiger partial charge >= 0.3 is 5.97 Å². The molecule has 0 aliphatic carbocycles. The number of aliphatic carboxylic acids is 1. The zero-order valence-corrected chi connectivity index (χ0v) is 12.0. The number of rotatable bonds is 7. The number of nitrogens with zero attached hydrogens (tertiary/aromatic N) is 1. The maximum absolute atomic E-state index is 10.4. The van der Waals surface area contributed by atoms with Crippen molar-refractivity contribution < 1.29 is 9.90 Å². The average Bonchev–Trinajstić information content (AvgIpc) is 2.36. The fourth-order valence-corrected chi connectivity index (χ4v) is 1.98. The van der Waals surface area contributed by atoms with Crippen molar-refractivity contribution in [2.75, 3.05) is 13.1 Å². The highest BCUT2D eigenvalue weighted by atomic mass is 16.4. The summed E-state index contributed by atoms with van der Waals surface area (Å²) in [5.74, 6) is -0.254. The van der Waals surface area contributed by atoms with Gasteiger partial charge in [0.25, 0.3) is 0 Å². The molecule has 1 aromatic carbocycles. The van der Waals surface area contributed by atoms with E-state index in [1.165, 1.54) is 5.56 Å². The summed E-state index contributed by atoms with van der Waals surface area (Å²) in [4.78, 5) is 12.8. The van der Waals surface area contributed by atoms with Gasteiger partial charge in [-0.15, -0.1) is 0 Å². The Morgan fingerprint density at radius 2 is 1.95 bits per heavy atom. The third-order valence-corrected chi connectivity index (χ3v) is 2.87. The van der Waals surface area contributed by atoms with Gasteiger partial charge in [0.1, 0.15) is 0 Å². The lowest BCUT2D eigenvalue weighted by atomic mass is 10.1. The Balaban J connectivity index is 2.62. The van der Waals surface area contributed by atoms with Gasteiger partial charge < -0.3 is 5.11 Å². The van der Waals surface area contributed by atoms with Crippen molar-refractivity contribution in [3.8, 4) is 0 Å². The van der Waals surface area contributed by atoms with Crippen LogP contribution in [0.4, 0.5) is 0 Å². The van der Waals surface area contributed by atoms with Crippen molar-refractivity contribution >= 4 is 12.0 Å². The molecule has 0 spiro atoms. The quantitative estimate of drug-likeness (QED) is 0.766. The van der Waals surface area contributed by atoms with Crippen LogP contribution >= 0.6 is 0 Å². The monoisotopic (exact) mass is 261 g/mol. The Morgan fingerprint density at radius 1 is 1.32 bits per heavy atom. The lowest BCUT2D eigenvalue weighted by Gasteiger charge is -2.22. The SMILES string of the molecule is CCN(Cc1ccc(/C=C/C(=O)O)cc1)CC(C)C. The first-order chi connectivity index (χ1) is 9.01. The second kappa shape index (κ2) is 7.74. The van der Waals surface area contributed by atoms with Gasteiger partial charge in [-0.05, 0) is 29.7 Å². The maximum Gasteiger partial charge on any atom is 0.328 e. The number of carbonyl (C=O) groups is 1. The van der Waals surface area contributed by atoms with Gasteiger partial charge in [-0.25, -0.2) is 4.79 Å². The smallest absolute Gasteiger partial charge is 0.328 e. The van der Waals surface area contributed by atoms with Crippen LogP contribution in [0.1, 0.15) is 31.9 Å². The third-order valence-electron chi connectivity index (χ3n) is 2.87. The minimum Gasteiger partial charge on any atom is -0.478 e. The highest BCUT2D eigenvalue weighted by molar-refractivity contribution is 5.85. The van der Waals surface area contributed by atoms with Gasteiger partial charge in [0.15, 0.2) is 0 Å². The normalized spacial score (nSPS) is 11.6. The van der Waals surface area contributed by atoms with Gasteiger partial charge in [0, 0.05) is 19.2 Å². The molecule has 0 atom stereocenters. The van der Waals surface area contributed by atoms with Gasteiger partial charge in [0.2, 0.25) is 0 Å². The summed E-state index contributed by atoms with van der Waals surface area (Å²) in [7, 11) is 0. The molecule has 1 rings (SSSR count). The summed E-state index contributed by atoms with van der Waals surface area (Å²) in [6, 6.07) is 8.03. The Labute approximate surface area is 115 Å². The molecule has 1 N–H and O–H groups in total. The van der Waals surface area contributed by atoms with Crippen LogP contribution in [0.2, 0.25) is 0 Å². The molecular weight excluding hydrogens is 238 g/mol. The summed E-state index contributed by atoms with van der Waals surface area (Å²) in [6.07, 6.45) is 2.77. The molecule has 0 saturated carbocycles. The third kappa shape index (κ3) is 6.20. The summed E-state index contributed by atoms with van der Waals surface area (Å²) >= 11 is 0. The van der Waals surface area contributed by atoms with E-state index in [4.69, 9.17) is 5.11 Å². The standard InChI is InChI=1S/C16H23NO2/c1-4-17(11-13(2)3)12-15-7-5-14(6-8-15)9-10-16(18)19/h5-10,13H,4,11-12H2,1-3H3,(H,18,19)/b10-9+. The van der Waals surface area contributed by atoms with Crippen LogP contribution in [-0.4, -0.2) is 29.1 Å². The van der Waals surface area contributed by atoms with E-state index in [2.05, 4.69) is 37.8 Å². The van der Waals surface area contributed by atoms with E-state index in [0.717, 1.165) is 31.3 Å². The minimum atomic E-state index is -0.918. The Hall–Kier alpha value is -1.61. The highest BCUT2D eigenvalue weighted by Gasteiger charge is 2.05. The first kappa shape index (κ1) is 15.4. The van der Waals surface area contributed by atoms with Crippen molar-refractivity contribution in [1.29, 1.82) is 0 Å². The number of hydrogen-bond donors (Lipinski definition) is 1. The molecule has 3 heteroatoms. The Kier molecular flexibility index (Phi) is 6.30. The van der Waals surface area contributed by atoms with Gasteiger partial charge in [-0.1, -0.05) is 45.0 Å². The van der Waals surface area contributed by atoms with E-state index in [-0.39, 0.29) is 0 Å². The molecule has 104 valence electrons. The fourth-order valence-electron chi connectivity index (χ4n) is 1.98. The Bertz CT molecular complexity index is 421. The fraction of sp³-hybridized carbons (Fsp3) is 0.438. The van der Waals surface area contributed by atoms with E-state index in [1.54, 1.807) is 6.08 Å². The molecule has 0 aliphatic rings. The minimum absolute atomic E-state index is 0.665. The van der Waals surface area contributed by atoms with Crippen molar-refractivity contribution in [2.45, 2.75) is 27.3 Å². The number of carboxylic acids is 1. The zero-order valence-electron chi connectivity index (χ0n) is 12.0. The highest BCUT2D eigenvalue weighted by Crippen LogP contribution is 2.10. The average molecular weight is 261 g/mol. The molecule has 0 amide bonds. The lowest BCUT2D eigenvalue weighted by Crippen LogP contribution is -2.26. The predicted molar refractivity (Wildman–Crippen MR) is 78.9 cm³/mol. The molecule has 3 nitrogen and oxygen atoms in total. The summed E-state index contributed by atoms with van der Waals surface area (Å²) < 4.78 is 0. The molecule has 0 radical (unpaired) electrons. The van der Waals surface area contributed by atoms with Crippen molar-refractivity contribution in [1.82, 2.24) is 4.90 Å². The first-order valence-corrected chi connectivity index (χ1v) is 6.73. The number of carboxylic acid groups (broad SMARTS) is 1. The van der Waals surface area contributed by atoms with Gasteiger partial charge in [0.05, 0.1) is 0 Å².